The molecule has 0 unspecified atom stereocenters. The number of ether oxygens (including phenoxy) is 1. The van der Waals surface area contributed by atoms with E-state index in [0.29, 0.717) is 6.54 Å². The lowest BCUT2D eigenvalue weighted by Crippen LogP contribution is -2.42. The number of carboxylic acids is 1. The quantitative estimate of drug-likeness (QED) is 0.697. The molecule has 0 spiro atoms. The summed E-state index contributed by atoms with van der Waals surface area (Å²) in [5.41, 5.74) is -1.99. The molecule has 7 nitrogen and oxygen atoms in total. The summed E-state index contributed by atoms with van der Waals surface area (Å²) in [5, 5.41) is 11.9. The minimum Gasteiger partial charge on any atom is -0.480 e. The fourth-order valence-corrected chi connectivity index (χ4v) is 1.73. The van der Waals surface area contributed by atoms with Crippen LogP contribution in [-0.2, 0) is 15.1 Å². The average Bonchev–Trinajstić information content (AvgIpc) is 2.46. The van der Waals surface area contributed by atoms with E-state index in [9.17, 15) is 19.5 Å². The SMILES string of the molecule is CCCCNC(=O)COc1cccn(C(C)(C)C(=O)O)c1=O. The molecule has 122 valence electrons. The summed E-state index contributed by atoms with van der Waals surface area (Å²) in [4.78, 5) is 35.0. The Balaban J connectivity index is 2.80. The van der Waals surface area contributed by atoms with Crippen LogP contribution < -0.4 is 15.6 Å². The van der Waals surface area contributed by atoms with Crippen LogP contribution in [0.2, 0.25) is 0 Å². The van der Waals surface area contributed by atoms with Crippen LogP contribution in [0.15, 0.2) is 23.1 Å². The van der Waals surface area contributed by atoms with Gasteiger partial charge < -0.3 is 15.2 Å². The Labute approximate surface area is 128 Å². The lowest BCUT2D eigenvalue weighted by molar-refractivity contribution is -0.145. The topological polar surface area (TPSA) is 97.6 Å². The summed E-state index contributed by atoms with van der Waals surface area (Å²) >= 11 is 0. The Morgan fingerprint density at radius 1 is 1.41 bits per heavy atom. The first-order chi connectivity index (χ1) is 10.3. The third-order valence-electron chi connectivity index (χ3n) is 3.25. The van der Waals surface area contributed by atoms with Crippen molar-refractivity contribution in [3.63, 3.8) is 0 Å². The summed E-state index contributed by atoms with van der Waals surface area (Å²) in [6.45, 7) is 5.12. The van der Waals surface area contributed by atoms with Crippen molar-refractivity contribution in [2.24, 2.45) is 0 Å². The second-order valence-corrected chi connectivity index (χ2v) is 5.40. The number of amides is 1. The van der Waals surface area contributed by atoms with Gasteiger partial charge in [0, 0.05) is 12.7 Å². The molecule has 0 bridgehead atoms. The molecule has 0 aliphatic heterocycles. The van der Waals surface area contributed by atoms with Gasteiger partial charge in [0.2, 0.25) is 0 Å². The number of carboxylic acid groups (broad SMARTS) is 1. The van der Waals surface area contributed by atoms with Gasteiger partial charge in [-0.3, -0.25) is 14.2 Å². The van der Waals surface area contributed by atoms with E-state index in [4.69, 9.17) is 4.74 Å². The van der Waals surface area contributed by atoms with Crippen LogP contribution in [0.25, 0.3) is 0 Å². The molecular weight excluding hydrogens is 288 g/mol. The lowest BCUT2D eigenvalue weighted by Gasteiger charge is -2.22. The maximum Gasteiger partial charge on any atom is 0.329 e. The standard InChI is InChI=1S/C15H22N2O5/c1-4-5-8-16-12(18)10-22-11-7-6-9-17(13(11)19)15(2,3)14(20)21/h6-7,9H,4-5,8,10H2,1-3H3,(H,16,18)(H,20,21). The van der Waals surface area contributed by atoms with E-state index in [2.05, 4.69) is 5.32 Å². The van der Waals surface area contributed by atoms with Gasteiger partial charge >= 0.3 is 5.97 Å². The molecule has 0 fully saturated rings. The van der Waals surface area contributed by atoms with Crippen molar-refractivity contribution in [2.45, 2.75) is 39.2 Å². The fourth-order valence-electron chi connectivity index (χ4n) is 1.73. The number of aromatic nitrogens is 1. The van der Waals surface area contributed by atoms with E-state index in [-0.39, 0.29) is 18.3 Å². The van der Waals surface area contributed by atoms with Gasteiger partial charge in [-0.15, -0.1) is 0 Å². The predicted octanol–water partition coefficient (Wildman–Crippen LogP) is 0.963. The molecular formula is C15H22N2O5. The number of pyridine rings is 1. The molecule has 1 rings (SSSR count). The zero-order valence-corrected chi connectivity index (χ0v) is 13.1. The van der Waals surface area contributed by atoms with Crippen LogP contribution in [0.3, 0.4) is 0 Å². The predicted molar refractivity (Wildman–Crippen MR) is 81.1 cm³/mol. The second kappa shape index (κ2) is 7.63. The van der Waals surface area contributed by atoms with Crippen LogP contribution in [0.5, 0.6) is 5.75 Å². The van der Waals surface area contributed by atoms with E-state index in [1.54, 1.807) is 0 Å². The third-order valence-corrected chi connectivity index (χ3v) is 3.25. The zero-order chi connectivity index (χ0) is 16.8. The summed E-state index contributed by atoms with van der Waals surface area (Å²) in [5.74, 6) is -1.51. The van der Waals surface area contributed by atoms with Crippen molar-refractivity contribution >= 4 is 11.9 Å². The largest absolute Gasteiger partial charge is 0.480 e. The number of hydrogen-bond acceptors (Lipinski definition) is 4. The van der Waals surface area contributed by atoms with E-state index in [0.717, 1.165) is 17.4 Å². The molecule has 0 atom stereocenters. The van der Waals surface area contributed by atoms with Gasteiger partial charge in [0.15, 0.2) is 12.4 Å². The average molecular weight is 310 g/mol. The first kappa shape index (κ1) is 17.7. The van der Waals surface area contributed by atoms with Gasteiger partial charge in [-0.25, -0.2) is 4.79 Å². The lowest BCUT2D eigenvalue weighted by atomic mass is 10.1. The Kier molecular flexibility index (Phi) is 6.15. The Morgan fingerprint density at radius 2 is 2.09 bits per heavy atom. The highest BCUT2D eigenvalue weighted by Crippen LogP contribution is 2.14. The molecule has 0 aliphatic rings. The Morgan fingerprint density at radius 3 is 2.68 bits per heavy atom. The normalized spacial score (nSPS) is 11.0. The van der Waals surface area contributed by atoms with E-state index in [1.807, 2.05) is 6.92 Å². The third kappa shape index (κ3) is 4.34. The molecule has 1 aromatic rings. The molecule has 2 N–H and O–H groups in total. The number of nitrogens with zero attached hydrogens (tertiary/aromatic N) is 1. The van der Waals surface area contributed by atoms with E-state index >= 15 is 0 Å². The van der Waals surface area contributed by atoms with Crippen molar-refractivity contribution in [1.82, 2.24) is 9.88 Å². The smallest absolute Gasteiger partial charge is 0.329 e. The monoisotopic (exact) mass is 310 g/mol. The number of unbranched alkanes of at least 4 members (excludes halogenated alkanes) is 1. The highest BCUT2D eigenvalue weighted by Gasteiger charge is 2.30. The Bertz CT molecular complexity index is 592. The number of nitrogens with one attached hydrogen (secondary N) is 1. The number of hydrogen-bond donors (Lipinski definition) is 2. The maximum absolute atomic E-state index is 12.2. The molecule has 1 heterocycles. The molecule has 22 heavy (non-hydrogen) atoms. The minimum absolute atomic E-state index is 0.0533. The second-order valence-electron chi connectivity index (χ2n) is 5.40. The molecule has 0 radical (unpaired) electrons. The number of carbonyl (C=O) groups is 2. The van der Waals surface area contributed by atoms with Gasteiger partial charge in [0.25, 0.3) is 11.5 Å². The summed E-state index contributed by atoms with van der Waals surface area (Å²) in [6, 6.07) is 2.92. The zero-order valence-electron chi connectivity index (χ0n) is 13.1. The number of carbonyl (C=O) groups excluding carboxylic acids is 1. The van der Waals surface area contributed by atoms with Crippen LogP contribution in [0.1, 0.15) is 33.6 Å². The van der Waals surface area contributed by atoms with E-state index < -0.39 is 17.1 Å². The minimum atomic E-state index is -1.40. The van der Waals surface area contributed by atoms with E-state index in [1.165, 1.54) is 32.2 Å². The first-order valence-corrected chi connectivity index (χ1v) is 7.15. The number of aliphatic carboxylic acids is 1. The van der Waals surface area contributed by atoms with Crippen molar-refractivity contribution in [2.75, 3.05) is 13.2 Å². The van der Waals surface area contributed by atoms with Crippen molar-refractivity contribution in [3.8, 4) is 5.75 Å². The summed E-state index contributed by atoms with van der Waals surface area (Å²) in [6.07, 6.45) is 3.22. The van der Waals surface area contributed by atoms with Crippen LogP contribution in [0.4, 0.5) is 0 Å². The van der Waals surface area contributed by atoms with Gasteiger partial charge in [0.1, 0.15) is 5.54 Å². The molecule has 0 saturated heterocycles. The molecule has 0 aromatic carbocycles. The molecule has 0 aliphatic carbocycles. The fraction of sp³-hybridized carbons (Fsp3) is 0.533. The molecule has 1 amide bonds. The van der Waals surface area contributed by atoms with Crippen LogP contribution >= 0.6 is 0 Å². The number of rotatable bonds is 8. The van der Waals surface area contributed by atoms with Gasteiger partial charge in [-0.2, -0.15) is 0 Å². The van der Waals surface area contributed by atoms with Gasteiger partial charge in [-0.05, 0) is 32.4 Å². The highest BCUT2D eigenvalue weighted by molar-refractivity contribution is 5.77. The van der Waals surface area contributed by atoms with Crippen molar-refractivity contribution < 1.29 is 19.4 Å². The maximum atomic E-state index is 12.2. The molecule has 7 heteroatoms. The van der Waals surface area contributed by atoms with Crippen molar-refractivity contribution in [1.29, 1.82) is 0 Å². The first-order valence-electron chi connectivity index (χ1n) is 7.15. The molecule has 1 aromatic heterocycles. The van der Waals surface area contributed by atoms with Crippen LogP contribution in [-0.4, -0.2) is 34.7 Å². The Hall–Kier alpha value is -2.31. The van der Waals surface area contributed by atoms with Gasteiger partial charge in [0.05, 0.1) is 0 Å². The van der Waals surface area contributed by atoms with Crippen molar-refractivity contribution in [3.05, 3.63) is 28.7 Å². The van der Waals surface area contributed by atoms with Crippen LogP contribution in [0, 0.1) is 0 Å². The molecule has 0 saturated carbocycles. The van der Waals surface area contributed by atoms with Gasteiger partial charge in [-0.1, -0.05) is 13.3 Å². The summed E-state index contributed by atoms with van der Waals surface area (Å²) < 4.78 is 6.28. The highest BCUT2D eigenvalue weighted by atomic mass is 16.5. The summed E-state index contributed by atoms with van der Waals surface area (Å²) in [7, 11) is 0.